The van der Waals surface area contributed by atoms with Gasteiger partial charge in [0.15, 0.2) is 0 Å². The van der Waals surface area contributed by atoms with E-state index in [0.29, 0.717) is 39.1 Å². The van der Waals surface area contributed by atoms with E-state index in [1.54, 1.807) is 6.20 Å². The Morgan fingerprint density at radius 1 is 0.913 bits per heavy atom. The normalized spacial score (nSPS) is 11.8. The molecule has 0 aliphatic carbocycles. The third kappa shape index (κ3) is 8.06. The van der Waals surface area contributed by atoms with Crippen LogP contribution in [0.1, 0.15) is 51.7 Å². The van der Waals surface area contributed by atoms with E-state index < -0.39 is 19.7 Å². The summed E-state index contributed by atoms with van der Waals surface area (Å²) in [6, 6.07) is 25.8. The van der Waals surface area contributed by atoms with Crippen molar-refractivity contribution < 1.29 is 33.3 Å². The molecule has 3 aromatic carbocycles. The maximum Gasteiger partial charge on any atom is 0.126 e. The minimum atomic E-state index is -1.37. The van der Waals surface area contributed by atoms with Crippen LogP contribution >= 0.6 is 0 Å². The molecule has 0 fully saturated rings. The molecular weight excluding hydrogens is 771 g/mol. The third-order valence-electron chi connectivity index (χ3n) is 7.67. The second-order valence-corrected chi connectivity index (χ2v) is 19.1. The van der Waals surface area contributed by atoms with E-state index in [1.807, 2.05) is 30.3 Å². The average Bonchev–Trinajstić information content (AvgIpc) is 3.36. The van der Waals surface area contributed by atoms with Crippen molar-refractivity contribution in [2.24, 2.45) is 5.41 Å². The molecule has 3 aromatic heterocycles. The number of halogens is 2. The van der Waals surface area contributed by atoms with Gasteiger partial charge in [-0.3, -0.25) is 4.39 Å². The van der Waals surface area contributed by atoms with Gasteiger partial charge in [-0.15, -0.1) is 48.0 Å². The van der Waals surface area contributed by atoms with Gasteiger partial charge >= 0.3 is 0 Å². The minimum absolute atomic E-state index is 0. The van der Waals surface area contributed by atoms with Crippen LogP contribution in [0.15, 0.2) is 83.5 Å². The topological polar surface area (TPSA) is 38.9 Å². The zero-order chi connectivity index (χ0) is 32.5. The maximum atomic E-state index is 14.3. The minimum Gasteiger partial charge on any atom is -0.500 e. The molecule has 1 radical (unpaired) electrons. The molecule has 0 amide bonds. The fourth-order valence-corrected chi connectivity index (χ4v) is 7.06. The molecular formula is C39H40F2IrN2OSi-2. The Bertz CT molecular complexity index is 1960. The number of hydrogen-bond acceptors (Lipinski definition) is 3. The second-order valence-electron chi connectivity index (χ2n) is 14.1. The molecule has 0 spiro atoms. The molecule has 3 heterocycles. The Hall–Kier alpha value is -3.51. The van der Waals surface area contributed by atoms with Crippen molar-refractivity contribution in [2.45, 2.75) is 66.6 Å². The zero-order valence-electron chi connectivity index (χ0n) is 27.7. The van der Waals surface area contributed by atoms with Gasteiger partial charge in [0.1, 0.15) is 11.4 Å². The number of fused-ring (bicyclic) bond motifs is 3. The molecule has 6 rings (SSSR count). The summed E-state index contributed by atoms with van der Waals surface area (Å²) in [5, 5.41) is 2.35. The Morgan fingerprint density at radius 3 is 2.33 bits per heavy atom. The molecule has 0 aliphatic heterocycles. The van der Waals surface area contributed by atoms with E-state index in [4.69, 9.17) is 9.40 Å². The van der Waals surface area contributed by atoms with E-state index in [1.165, 1.54) is 35.0 Å². The van der Waals surface area contributed by atoms with Crippen molar-refractivity contribution in [3.05, 3.63) is 114 Å². The van der Waals surface area contributed by atoms with E-state index >= 15 is 0 Å². The molecule has 6 aromatic rings. The smallest absolute Gasteiger partial charge is 0.126 e. The summed E-state index contributed by atoms with van der Waals surface area (Å²) in [7, 11) is -1.37. The first-order valence-corrected chi connectivity index (χ1v) is 18.9. The van der Waals surface area contributed by atoms with Crippen LogP contribution in [0.3, 0.4) is 0 Å². The number of benzene rings is 3. The largest absolute Gasteiger partial charge is 0.500 e. The molecule has 0 aliphatic rings. The van der Waals surface area contributed by atoms with Crippen LogP contribution in [-0.4, -0.2) is 18.0 Å². The van der Waals surface area contributed by atoms with Gasteiger partial charge in [-0.25, -0.2) is 4.39 Å². The van der Waals surface area contributed by atoms with Crippen molar-refractivity contribution in [1.82, 2.24) is 9.97 Å². The molecule has 46 heavy (non-hydrogen) atoms. The van der Waals surface area contributed by atoms with Gasteiger partial charge in [-0.1, -0.05) is 83.1 Å². The first kappa shape index (κ1) is 35.3. The molecule has 0 unspecified atom stereocenters. The van der Waals surface area contributed by atoms with Crippen LogP contribution in [0.5, 0.6) is 0 Å². The predicted molar refractivity (Wildman–Crippen MR) is 184 cm³/mol. The van der Waals surface area contributed by atoms with E-state index in [9.17, 15) is 8.78 Å². The Balaban J connectivity index is 0.000000207. The van der Waals surface area contributed by atoms with Gasteiger partial charge < -0.3 is 14.4 Å². The Labute approximate surface area is 285 Å². The molecule has 0 saturated heterocycles. The summed E-state index contributed by atoms with van der Waals surface area (Å²) in [4.78, 5) is 9.08. The number of aromatic nitrogens is 2. The molecule has 241 valence electrons. The summed E-state index contributed by atoms with van der Waals surface area (Å²) < 4.78 is 33.6. The van der Waals surface area contributed by atoms with Gasteiger partial charge in [-0.2, -0.15) is 0 Å². The van der Waals surface area contributed by atoms with Crippen molar-refractivity contribution in [3.8, 4) is 22.5 Å². The van der Waals surface area contributed by atoms with Crippen LogP contribution in [0.4, 0.5) is 8.78 Å². The van der Waals surface area contributed by atoms with Crippen LogP contribution in [-0.2, 0) is 26.5 Å². The quantitative estimate of drug-likeness (QED) is 0.129. The molecule has 7 heteroatoms. The average molecular weight is 811 g/mol. The van der Waals surface area contributed by atoms with Crippen molar-refractivity contribution in [3.63, 3.8) is 0 Å². The SMILES string of the molecule is CC(C)(C)Cc1cc(-c2[c-]cccc2)ncc1[Si](C)(C)C.CC(C)c1ccnc(-c2[c-]cc(F)c3c2oc2cc(F)ccc23)c1.[Ir]. The molecule has 0 saturated carbocycles. The number of pyridine rings is 2. The number of nitrogens with zero attached hydrogens (tertiary/aromatic N) is 2. The standard InChI is InChI=1S/C20H14F2NO.C19H26NSi.Ir/c1-11(2)12-7-8-23-17(9-12)14-5-6-16(22)19-15-4-3-13(21)10-18(15)24-20(14)19;1-19(2,3)13-16-12-17(15-10-8-7-9-11-15)20-14-18(16)21(4,5)6;/h3-4,6-11H,1-2H3;7-10,12,14H,13H2,1-6H3;/q2*-1;. The number of furan rings is 1. The maximum absolute atomic E-state index is 14.3. The van der Waals surface area contributed by atoms with E-state index in [0.717, 1.165) is 23.2 Å². The van der Waals surface area contributed by atoms with Gasteiger partial charge in [-0.05, 0) is 57.9 Å². The molecule has 0 atom stereocenters. The summed E-state index contributed by atoms with van der Waals surface area (Å²) in [5.74, 6) is -0.529. The summed E-state index contributed by atoms with van der Waals surface area (Å²) in [6.45, 7) is 18.3. The van der Waals surface area contributed by atoms with Crippen molar-refractivity contribution >= 4 is 35.2 Å². The first-order valence-electron chi connectivity index (χ1n) is 15.4. The Kier molecular flexibility index (Phi) is 10.8. The molecule has 0 bridgehead atoms. The fourth-order valence-electron chi connectivity index (χ4n) is 5.48. The van der Waals surface area contributed by atoms with Crippen molar-refractivity contribution in [2.75, 3.05) is 0 Å². The molecule has 0 N–H and O–H groups in total. The zero-order valence-corrected chi connectivity index (χ0v) is 31.1. The van der Waals surface area contributed by atoms with Gasteiger partial charge in [0, 0.05) is 49.8 Å². The number of rotatable bonds is 5. The van der Waals surface area contributed by atoms with E-state index in [2.05, 4.69) is 89.7 Å². The molecule has 3 nitrogen and oxygen atoms in total. The van der Waals surface area contributed by atoms with Crippen LogP contribution in [0.2, 0.25) is 19.6 Å². The van der Waals surface area contributed by atoms with Crippen LogP contribution in [0.25, 0.3) is 44.5 Å². The van der Waals surface area contributed by atoms with Crippen LogP contribution < -0.4 is 5.19 Å². The van der Waals surface area contributed by atoms with Gasteiger partial charge in [0.25, 0.3) is 0 Å². The number of hydrogen-bond donors (Lipinski definition) is 0. The summed E-state index contributed by atoms with van der Waals surface area (Å²) in [6.07, 6.45) is 4.93. The summed E-state index contributed by atoms with van der Waals surface area (Å²) in [5.41, 5.74) is 6.86. The monoisotopic (exact) mass is 811 g/mol. The van der Waals surface area contributed by atoms with E-state index in [-0.39, 0.29) is 25.5 Å². The Morgan fingerprint density at radius 2 is 1.67 bits per heavy atom. The van der Waals surface area contributed by atoms with Crippen molar-refractivity contribution in [1.29, 1.82) is 0 Å². The van der Waals surface area contributed by atoms with Crippen LogP contribution in [0, 0.1) is 29.2 Å². The van der Waals surface area contributed by atoms with Gasteiger partial charge in [0.05, 0.1) is 13.7 Å². The predicted octanol–water partition coefficient (Wildman–Crippen LogP) is 10.5. The summed E-state index contributed by atoms with van der Waals surface area (Å²) >= 11 is 0. The fraction of sp³-hybridized carbons (Fsp3) is 0.282. The second kappa shape index (κ2) is 14.1. The first-order chi connectivity index (χ1) is 21.2. The van der Waals surface area contributed by atoms with Gasteiger partial charge in [0.2, 0.25) is 0 Å². The third-order valence-corrected chi connectivity index (χ3v) is 9.74.